The summed E-state index contributed by atoms with van der Waals surface area (Å²) in [4.78, 5) is 16.9. The van der Waals surface area contributed by atoms with E-state index < -0.39 is 0 Å². The van der Waals surface area contributed by atoms with Crippen LogP contribution in [-0.4, -0.2) is 11.0 Å². The van der Waals surface area contributed by atoms with E-state index in [0.29, 0.717) is 17.1 Å². The Morgan fingerprint density at radius 1 is 1.09 bits per heavy atom. The number of rotatable bonds is 2. The van der Waals surface area contributed by atoms with Gasteiger partial charge in [-0.05, 0) is 49.1 Å². The van der Waals surface area contributed by atoms with Gasteiger partial charge in [-0.2, -0.15) is 0 Å². The highest BCUT2D eigenvalue weighted by Gasteiger charge is 2.33. The summed E-state index contributed by atoms with van der Waals surface area (Å²) in [6.45, 7) is 6.87. The first-order chi connectivity index (χ1) is 10.9. The number of benzene rings is 1. The van der Waals surface area contributed by atoms with E-state index in [-0.39, 0.29) is 11.9 Å². The number of pyridine rings is 1. The average molecular weight is 311 g/mol. The Kier molecular flexibility index (Phi) is 4.38. The van der Waals surface area contributed by atoms with Crippen molar-refractivity contribution >= 4 is 16.9 Å². The van der Waals surface area contributed by atoms with E-state index in [9.17, 15) is 4.79 Å². The van der Waals surface area contributed by atoms with E-state index in [1.807, 2.05) is 30.3 Å². The van der Waals surface area contributed by atoms with Crippen molar-refractivity contribution in [2.24, 2.45) is 17.3 Å². The zero-order valence-electron chi connectivity index (χ0n) is 14.2. The van der Waals surface area contributed by atoms with Gasteiger partial charge in [-0.15, -0.1) is 0 Å². The van der Waals surface area contributed by atoms with Crippen LogP contribution in [0.5, 0.6) is 5.75 Å². The van der Waals surface area contributed by atoms with Crippen LogP contribution in [0.25, 0.3) is 10.9 Å². The monoisotopic (exact) mass is 311 g/mol. The van der Waals surface area contributed by atoms with Crippen molar-refractivity contribution in [1.29, 1.82) is 0 Å². The summed E-state index contributed by atoms with van der Waals surface area (Å²) in [5.74, 6) is 1.19. The van der Waals surface area contributed by atoms with Crippen molar-refractivity contribution < 1.29 is 9.53 Å². The van der Waals surface area contributed by atoms with Crippen LogP contribution >= 0.6 is 0 Å². The number of ether oxygens (including phenoxy) is 1. The standard InChI is InChI=1S/C20H25NO2/c1-20(2,3)16-11-9-15(10-12-16)19(22)23-17-8-4-6-14-7-5-13-21-18(14)17/h4-8,13,15-16H,9-12H2,1-3H3. The fraction of sp³-hybridized carbons (Fsp3) is 0.500. The van der Waals surface area contributed by atoms with Gasteiger partial charge >= 0.3 is 5.97 Å². The van der Waals surface area contributed by atoms with Gasteiger partial charge in [-0.25, -0.2) is 0 Å². The van der Waals surface area contributed by atoms with Gasteiger partial charge in [0.25, 0.3) is 0 Å². The van der Waals surface area contributed by atoms with Gasteiger partial charge in [-0.1, -0.05) is 39.0 Å². The van der Waals surface area contributed by atoms with E-state index in [2.05, 4.69) is 25.8 Å². The first kappa shape index (κ1) is 16.0. The number of fused-ring (bicyclic) bond motifs is 1. The van der Waals surface area contributed by atoms with Crippen molar-refractivity contribution in [1.82, 2.24) is 4.98 Å². The molecule has 0 radical (unpaired) electrons. The Morgan fingerprint density at radius 2 is 1.78 bits per heavy atom. The minimum Gasteiger partial charge on any atom is -0.424 e. The van der Waals surface area contributed by atoms with Crippen LogP contribution in [0.1, 0.15) is 46.5 Å². The molecule has 0 bridgehead atoms. The first-order valence-corrected chi connectivity index (χ1v) is 8.50. The van der Waals surface area contributed by atoms with Gasteiger partial charge in [0.1, 0.15) is 5.52 Å². The molecule has 122 valence electrons. The molecule has 1 aromatic heterocycles. The third-order valence-corrected chi connectivity index (χ3v) is 5.09. The van der Waals surface area contributed by atoms with Crippen molar-refractivity contribution in [2.75, 3.05) is 0 Å². The van der Waals surface area contributed by atoms with Crippen molar-refractivity contribution in [3.63, 3.8) is 0 Å². The summed E-state index contributed by atoms with van der Waals surface area (Å²) in [5, 5.41) is 0.995. The summed E-state index contributed by atoms with van der Waals surface area (Å²) in [6, 6.07) is 9.58. The van der Waals surface area contributed by atoms with Crippen LogP contribution in [-0.2, 0) is 4.79 Å². The lowest BCUT2D eigenvalue weighted by Gasteiger charge is -2.36. The molecule has 1 saturated carbocycles. The van der Waals surface area contributed by atoms with Crippen molar-refractivity contribution in [2.45, 2.75) is 46.5 Å². The zero-order chi connectivity index (χ0) is 16.4. The lowest BCUT2D eigenvalue weighted by atomic mass is 9.70. The molecule has 3 rings (SSSR count). The number of carbonyl (C=O) groups is 1. The zero-order valence-corrected chi connectivity index (χ0v) is 14.2. The maximum absolute atomic E-state index is 12.5. The number of hydrogen-bond donors (Lipinski definition) is 0. The molecule has 1 aliphatic rings. The molecule has 0 saturated heterocycles. The second-order valence-corrected chi connectivity index (χ2v) is 7.67. The van der Waals surface area contributed by atoms with Gasteiger partial charge in [0.15, 0.2) is 5.75 Å². The third-order valence-electron chi connectivity index (χ3n) is 5.09. The number of para-hydroxylation sites is 1. The third kappa shape index (κ3) is 3.54. The molecule has 3 heteroatoms. The maximum atomic E-state index is 12.5. The molecule has 3 nitrogen and oxygen atoms in total. The Hall–Kier alpha value is -1.90. The molecule has 2 aromatic rings. The molecule has 0 N–H and O–H groups in total. The Bertz CT molecular complexity index is 689. The van der Waals surface area contributed by atoms with Crippen LogP contribution in [0.15, 0.2) is 36.5 Å². The molecular weight excluding hydrogens is 286 g/mol. The summed E-state index contributed by atoms with van der Waals surface area (Å²) in [6.07, 6.45) is 5.81. The van der Waals surface area contributed by atoms with E-state index in [1.165, 1.54) is 0 Å². The molecule has 1 heterocycles. The topological polar surface area (TPSA) is 39.2 Å². The maximum Gasteiger partial charge on any atom is 0.314 e. The summed E-state index contributed by atoms with van der Waals surface area (Å²) < 4.78 is 5.69. The molecule has 0 spiro atoms. The average Bonchev–Trinajstić information content (AvgIpc) is 2.54. The second kappa shape index (κ2) is 6.31. The van der Waals surface area contributed by atoms with E-state index in [4.69, 9.17) is 4.74 Å². The molecular formula is C20H25NO2. The minimum absolute atomic E-state index is 0.0209. The fourth-order valence-electron chi connectivity index (χ4n) is 3.55. The molecule has 1 aliphatic carbocycles. The molecule has 1 aromatic carbocycles. The Balaban J connectivity index is 1.68. The van der Waals surface area contributed by atoms with Gasteiger partial charge < -0.3 is 4.74 Å². The quantitative estimate of drug-likeness (QED) is 0.579. The number of esters is 1. The fourth-order valence-corrected chi connectivity index (χ4v) is 3.55. The number of nitrogens with zero attached hydrogens (tertiary/aromatic N) is 1. The lowest BCUT2D eigenvalue weighted by Crippen LogP contribution is -2.30. The lowest BCUT2D eigenvalue weighted by molar-refractivity contribution is -0.140. The van der Waals surface area contributed by atoms with Crippen LogP contribution in [0.2, 0.25) is 0 Å². The van der Waals surface area contributed by atoms with Gasteiger partial charge in [0, 0.05) is 11.6 Å². The van der Waals surface area contributed by atoms with Crippen LogP contribution in [0.4, 0.5) is 0 Å². The van der Waals surface area contributed by atoms with Gasteiger partial charge in [0.05, 0.1) is 5.92 Å². The molecule has 23 heavy (non-hydrogen) atoms. The minimum atomic E-state index is -0.101. The SMILES string of the molecule is CC(C)(C)C1CCC(C(=O)Oc2cccc3cccnc23)CC1. The molecule has 0 amide bonds. The molecule has 0 aliphatic heterocycles. The van der Waals surface area contributed by atoms with E-state index in [1.54, 1.807) is 6.20 Å². The predicted molar refractivity (Wildman–Crippen MR) is 92.3 cm³/mol. The van der Waals surface area contributed by atoms with Crippen molar-refractivity contribution in [3.05, 3.63) is 36.5 Å². The van der Waals surface area contributed by atoms with Gasteiger partial charge in [0.2, 0.25) is 0 Å². The van der Waals surface area contributed by atoms with E-state index in [0.717, 1.165) is 36.6 Å². The summed E-state index contributed by atoms with van der Waals surface area (Å²) in [7, 11) is 0. The van der Waals surface area contributed by atoms with E-state index >= 15 is 0 Å². The van der Waals surface area contributed by atoms with Crippen LogP contribution < -0.4 is 4.74 Å². The summed E-state index contributed by atoms with van der Waals surface area (Å²) in [5.41, 5.74) is 1.08. The second-order valence-electron chi connectivity index (χ2n) is 7.67. The first-order valence-electron chi connectivity index (χ1n) is 8.50. The van der Waals surface area contributed by atoms with Crippen LogP contribution in [0.3, 0.4) is 0 Å². The summed E-state index contributed by atoms with van der Waals surface area (Å²) >= 11 is 0. The Labute approximate surface area is 138 Å². The number of aromatic nitrogens is 1. The normalized spacial score (nSPS) is 22.0. The largest absolute Gasteiger partial charge is 0.424 e. The predicted octanol–water partition coefficient (Wildman–Crippen LogP) is 4.99. The molecule has 1 fully saturated rings. The highest BCUT2D eigenvalue weighted by molar-refractivity contribution is 5.87. The van der Waals surface area contributed by atoms with Crippen molar-refractivity contribution in [3.8, 4) is 5.75 Å². The molecule has 0 unspecified atom stereocenters. The van der Waals surface area contributed by atoms with Gasteiger partial charge in [-0.3, -0.25) is 9.78 Å². The highest BCUT2D eigenvalue weighted by Crippen LogP contribution is 2.40. The number of carbonyl (C=O) groups excluding carboxylic acids is 1. The van der Waals surface area contributed by atoms with Crippen LogP contribution in [0, 0.1) is 17.3 Å². The Morgan fingerprint density at radius 3 is 2.48 bits per heavy atom. The smallest absolute Gasteiger partial charge is 0.314 e. The molecule has 0 atom stereocenters. The highest BCUT2D eigenvalue weighted by atomic mass is 16.5. The number of hydrogen-bond acceptors (Lipinski definition) is 3.